The predicted octanol–water partition coefficient (Wildman–Crippen LogP) is 15.6. The summed E-state index contributed by atoms with van der Waals surface area (Å²) >= 11 is 0. The van der Waals surface area contributed by atoms with Crippen LogP contribution in [0, 0.1) is 20.8 Å². The molecule has 0 saturated heterocycles. The molecule has 10 rings (SSSR count). The SMILES string of the molecule is Cc1cc(C)c2oc3c(-c4cccc(C)c4N(c4ccc5c(c4)C(C)(C)c4ccccc4-5)c4ccc5c(c4)C(C)(C)c4cc(C(C)(C)C)ccc4-5)cccc3c2c1. The van der Waals surface area contributed by atoms with Crippen LogP contribution < -0.4 is 4.90 Å². The Labute approximate surface area is 337 Å². The van der Waals surface area contributed by atoms with Crippen molar-refractivity contribution in [3.63, 3.8) is 0 Å². The van der Waals surface area contributed by atoms with E-state index in [1.54, 1.807) is 0 Å². The third kappa shape index (κ3) is 5.15. The Morgan fingerprint density at radius 3 is 1.70 bits per heavy atom. The number of furan rings is 1. The fourth-order valence-corrected chi connectivity index (χ4v) is 10.2. The van der Waals surface area contributed by atoms with Gasteiger partial charge in [0, 0.05) is 44.1 Å². The molecular formula is C55H51NO. The summed E-state index contributed by atoms with van der Waals surface area (Å²) in [5.74, 6) is 0. The van der Waals surface area contributed by atoms with Crippen molar-refractivity contribution in [3.05, 3.63) is 172 Å². The predicted molar refractivity (Wildman–Crippen MR) is 242 cm³/mol. The van der Waals surface area contributed by atoms with Crippen LogP contribution in [0.25, 0.3) is 55.3 Å². The van der Waals surface area contributed by atoms with Gasteiger partial charge in [0.05, 0.1) is 5.69 Å². The maximum atomic E-state index is 6.87. The minimum Gasteiger partial charge on any atom is -0.455 e. The van der Waals surface area contributed by atoms with E-state index in [2.05, 4.69) is 202 Å². The van der Waals surface area contributed by atoms with E-state index in [4.69, 9.17) is 4.42 Å². The maximum Gasteiger partial charge on any atom is 0.143 e. The number of rotatable bonds is 4. The van der Waals surface area contributed by atoms with Gasteiger partial charge >= 0.3 is 0 Å². The van der Waals surface area contributed by atoms with E-state index in [9.17, 15) is 0 Å². The average Bonchev–Trinajstić information content (AvgIpc) is 3.75. The van der Waals surface area contributed by atoms with Crippen molar-refractivity contribution < 1.29 is 4.42 Å². The number of hydrogen-bond acceptors (Lipinski definition) is 2. The highest BCUT2D eigenvalue weighted by molar-refractivity contribution is 6.12. The first-order chi connectivity index (χ1) is 27.1. The normalized spacial score (nSPS) is 14.8. The van der Waals surface area contributed by atoms with Gasteiger partial charge in [-0.2, -0.15) is 0 Å². The summed E-state index contributed by atoms with van der Waals surface area (Å²) in [5, 5.41) is 2.32. The summed E-state index contributed by atoms with van der Waals surface area (Å²) in [4.78, 5) is 2.53. The van der Waals surface area contributed by atoms with Crippen molar-refractivity contribution in [2.45, 2.75) is 85.5 Å². The lowest BCUT2D eigenvalue weighted by Gasteiger charge is -2.32. The van der Waals surface area contributed by atoms with Crippen LogP contribution >= 0.6 is 0 Å². The number of nitrogens with zero attached hydrogens (tertiary/aromatic N) is 1. The summed E-state index contributed by atoms with van der Waals surface area (Å²) in [6.45, 7) is 23.1. The molecule has 8 aromatic rings. The first-order valence-corrected chi connectivity index (χ1v) is 20.5. The van der Waals surface area contributed by atoms with Gasteiger partial charge in [0.15, 0.2) is 0 Å². The second-order valence-electron chi connectivity index (χ2n) is 18.8. The first kappa shape index (κ1) is 35.5. The van der Waals surface area contributed by atoms with Gasteiger partial charge in [-0.25, -0.2) is 0 Å². The number of aryl methyl sites for hydroxylation is 3. The molecule has 0 saturated carbocycles. The molecule has 0 spiro atoms. The Balaban J connectivity index is 1.23. The fourth-order valence-electron chi connectivity index (χ4n) is 10.2. The zero-order valence-corrected chi connectivity index (χ0v) is 35.0. The van der Waals surface area contributed by atoms with Gasteiger partial charge in [0.2, 0.25) is 0 Å². The largest absolute Gasteiger partial charge is 0.455 e. The van der Waals surface area contributed by atoms with E-state index in [-0.39, 0.29) is 16.2 Å². The topological polar surface area (TPSA) is 16.4 Å². The summed E-state index contributed by atoms with van der Waals surface area (Å²) < 4.78 is 6.87. The van der Waals surface area contributed by atoms with Crippen molar-refractivity contribution in [1.29, 1.82) is 0 Å². The van der Waals surface area contributed by atoms with E-state index < -0.39 is 0 Å². The molecule has 2 aliphatic rings. The Hall–Kier alpha value is -5.86. The lowest BCUT2D eigenvalue weighted by Crippen LogP contribution is -2.19. The van der Waals surface area contributed by atoms with Crippen LogP contribution in [0.4, 0.5) is 17.1 Å². The smallest absolute Gasteiger partial charge is 0.143 e. The Bertz CT molecular complexity index is 2980. The monoisotopic (exact) mass is 741 g/mol. The van der Waals surface area contributed by atoms with Crippen LogP contribution in [-0.4, -0.2) is 0 Å². The van der Waals surface area contributed by atoms with Crippen molar-refractivity contribution in [1.82, 2.24) is 0 Å². The molecule has 0 aliphatic heterocycles. The highest BCUT2D eigenvalue weighted by atomic mass is 16.3. The summed E-state index contributed by atoms with van der Waals surface area (Å²) in [6, 6.07) is 48.3. The van der Waals surface area contributed by atoms with Crippen LogP contribution in [0.15, 0.2) is 132 Å². The summed E-state index contributed by atoms with van der Waals surface area (Å²) in [5.41, 5.74) is 23.2. The van der Waals surface area contributed by atoms with Crippen molar-refractivity contribution in [2.75, 3.05) is 4.90 Å². The van der Waals surface area contributed by atoms with Crippen LogP contribution in [0.1, 0.15) is 93.0 Å². The summed E-state index contributed by atoms with van der Waals surface area (Å²) in [6.07, 6.45) is 0. The molecule has 282 valence electrons. The van der Waals surface area contributed by atoms with Gasteiger partial charge in [0.25, 0.3) is 0 Å². The lowest BCUT2D eigenvalue weighted by molar-refractivity contribution is 0.584. The molecule has 0 atom stereocenters. The molecule has 2 heteroatoms. The van der Waals surface area contributed by atoms with Gasteiger partial charge in [-0.3, -0.25) is 0 Å². The molecule has 0 fully saturated rings. The first-order valence-electron chi connectivity index (χ1n) is 20.5. The van der Waals surface area contributed by atoms with E-state index in [0.29, 0.717) is 0 Å². The van der Waals surface area contributed by atoms with Crippen LogP contribution in [-0.2, 0) is 16.2 Å². The van der Waals surface area contributed by atoms with Gasteiger partial charge < -0.3 is 9.32 Å². The zero-order valence-electron chi connectivity index (χ0n) is 35.0. The minimum absolute atomic E-state index is 0.0737. The lowest BCUT2D eigenvalue weighted by atomic mass is 9.79. The number of benzene rings is 7. The van der Waals surface area contributed by atoms with E-state index in [1.165, 1.54) is 66.6 Å². The number of fused-ring (bicyclic) bond motifs is 9. The molecule has 7 aromatic carbocycles. The number of hydrogen-bond donors (Lipinski definition) is 0. The Morgan fingerprint density at radius 2 is 1.02 bits per heavy atom. The molecule has 0 unspecified atom stereocenters. The molecule has 1 heterocycles. The summed E-state index contributed by atoms with van der Waals surface area (Å²) in [7, 11) is 0. The second kappa shape index (κ2) is 12.1. The van der Waals surface area contributed by atoms with Crippen LogP contribution in [0.2, 0.25) is 0 Å². The molecule has 1 aromatic heterocycles. The number of para-hydroxylation sites is 2. The third-order valence-electron chi connectivity index (χ3n) is 13.3. The van der Waals surface area contributed by atoms with Crippen molar-refractivity contribution >= 4 is 39.0 Å². The Kier molecular flexibility index (Phi) is 7.53. The average molecular weight is 742 g/mol. The maximum absolute atomic E-state index is 6.87. The fraction of sp³-hybridized carbons (Fsp3) is 0.236. The molecular weight excluding hydrogens is 691 g/mol. The Morgan fingerprint density at radius 1 is 0.456 bits per heavy atom. The highest BCUT2D eigenvalue weighted by Gasteiger charge is 2.39. The zero-order chi connectivity index (χ0) is 39.8. The standard InChI is InChI=1S/C55H51NO/c1-32-27-34(3)51-45(28-32)44-19-14-18-43(52(44)57-51)42-17-13-15-33(2)50(42)56(36-22-25-40-38-16-11-12-20-46(38)54(7,8)48(40)30-36)37-23-26-41-39-24-21-35(53(4,5)6)29-47(39)55(9,10)49(41)31-37/h11-31H,1-10H3. The van der Waals surface area contributed by atoms with E-state index in [0.717, 1.165) is 50.3 Å². The van der Waals surface area contributed by atoms with Gasteiger partial charge in [-0.1, -0.05) is 146 Å². The highest BCUT2D eigenvalue weighted by Crippen LogP contribution is 2.55. The molecule has 2 aliphatic carbocycles. The van der Waals surface area contributed by atoms with Crippen LogP contribution in [0.3, 0.4) is 0 Å². The molecule has 0 bridgehead atoms. The van der Waals surface area contributed by atoms with Crippen LogP contribution in [0.5, 0.6) is 0 Å². The third-order valence-corrected chi connectivity index (χ3v) is 13.3. The molecule has 0 radical (unpaired) electrons. The quantitative estimate of drug-likeness (QED) is 0.179. The van der Waals surface area contributed by atoms with E-state index >= 15 is 0 Å². The minimum atomic E-state index is -0.167. The van der Waals surface area contributed by atoms with Crippen molar-refractivity contribution in [2.24, 2.45) is 0 Å². The molecule has 0 amide bonds. The van der Waals surface area contributed by atoms with Crippen molar-refractivity contribution in [3.8, 4) is 33.4 Å². The molecule has 57 heavy (non-hydrogen) atoms. The second-order valence-corrected chi connectivity index (χ2v) is 18.8. The van der Waals surface area contributed by atoms with Gasteiger partial charge in [-0.15, -0.1) is 0 Å². The molecule has 2 nitrogen and oxygen atoms in total. The number of anilines is 3. The van der Waals surface area contributed by atoms with E-state index in [1.807, 2.05) is 0 Å². The molecule has 0 N–H and O–H groups in total. The van der Waals surface area contributed by atoms with Gasteiger partial charge in [-0.05, 0) is 123 Å². The van der Waals surface area contributed by atoms with Gasteiger partial charge in [0.1, 0.15) is 11.2 Å².